The van der Waals surface area contributed by atoms with Crippen LogP contribution in [0.3, 0.4) is 0 Å². The number of benzene rings is 1. The molecule has 136 valence electrons. The minimum atomic E-state index is -0.412. The molecule has 1 aliphatic heterocycles. The molecular weight excluding hydrogens is 354 g/mol. The molecule has 2 aromatic rings. The normalized spacial score (nSPS) is 19.8. The van der Waals surface area contributed by atoms with E-state index in [1.165, 1.54) is 0 Å². The number of cyclic esters (lactones) is 1. The van der Waals surface area contributed by atoms with Crippen molar-refractivity contribution in [3.8, 4) is 11.1 Å². The second-order valence-corrected chi connectivity index (χ2v) is 6.28. The highest BCUT2D eigenvalue weighted by atomic mass is 32.2. The number of hydrogen-bond acceptors (Lipinski definition) is 8. The molecule has 0 aliphatic carbocycles. The van der Waals surface area contributed by atoms with Gasteiger partial charge in [-0.3, -0.25) is 5.14 Å². The van der Waals surface area contributed by atoms with Gasteiger partial charge in [0.05, 0.1) is 11.6 Å². The summed E-state index contributed by atoms with van der Waals surface area (Å²) >= 11 is 0.979. The number of aromatic nitrogens is 1. The molecule has 2 heterocycles. The van der Waals surface area contributed by atoms with Crippen molar-refractivity contribution >= 4 is 23.9 Å². The summed E-state index contributed by atoms with van der Waals surface area (Å²) in [6.07, 6.45) is 0.915. The highest BCUT2D eigenvalue weighted by Crippen LogP contribution is 2.31. The van der Waals surface area contributed by atoms with E-state index in [0.29, 0.717) is 10.6 Å². The van der Waals surface area contributed by atoms with Gasteiger partial charge >= 0.3 is 6.09 Å². The number of nitrogens with two attached hydrogens (primary N) is 3. The fourth-order valence-corrected chi connectivity index (χ4v) is 3.34. The van der Waals surface area contributed by atoms with Gasteiger partial charge in [0.15, 0.2) is 5.84 Å². The standard InChI is InChI=1S/C16H19N7O2S/c1-8-13(25-16(24)21-8)10-4-2-9(3-5-10)11-6-7-20-15(26-19)12(11)14(22-17)23-18/h2-8,13H,17-19H2,1H3,(H,21,24)(H,22,23)/t8?,13-/m1/s1. The van der Waals surface area contributed by atoms with E-state index in [1.54, 1.807) is 6.20 Å². The van der Waals surface area contributed by atoms with Crippen LogP contribution in [0.4, 0.5) is 4.79 Å². The third-order valence-corrected chi connectivity index (χ3v) is 4.65. The SMILES string of the molecule is CC1NC(=O)O[C@H]1c1ccc(-c2ccnc(SN)c2/C(=N/N)NN)cc1. The second kappa shape index (κ2) is 7.60. The minimum Gasteiger partial charge on any atom is -0.439 e. The van der Waals surface area contributed by atoms with Crippen molar-refractivity contribution in [3.05, 3.63) is 47.7 Å². The molecule has 3 rings (SSSR count). The molecule has 0 saturated carbocycles. The Kier molecular flexibility index (Phi) is 5.26. The lowest BCUT2D eigenvalue weighted by molar-refractivity contribution is 0.134. The maximum absolute atomic E-state index is 11.4. The molecule has 2 atom stereocenters. The van der Waals surface area contributed by atoms with E-state index in [9.17, 15) is 4.79 Å². The predicted octanol–water partition coefficient (Wildman–Crippen LogP) is 0.967. The average Bonchev–Trinajstić information content (AvgIpc) is 3.01. The summed E-state index contributed by atoms with van der Waals surface area (Å²) in [6, 6.07) is 9.39. The van der Waals surface area contributed by atoms with Gasteiger partial charge < -0.3 is 21.3 Å². The zero-order valence-corrected chi connectivity index (χ0v) is 14.8. The van der Waals surface area contributed by atoms with Crippen molar-refractivity contribution in [2.75, 3.05) is 0 Å². The fourth-order valence-electron chi connectivity index (χ4n) is 2.90. The van der Waals surface area contributed by atoms with Gasteiger partial charge in [-0.2, -0.15) is 5.10 Å². The maximum atomic E-state index is 11.4. The Morgan fingerprint density at radius 2 is 2.08 bits per heavy atom. The van der Waals surface area contributed by atoms with Gasteiger partial charge in [-0.05, 0) is 41.6 Å². The number of hydrazine groups is 1. The predicted molar refractivity (Wildman–Crippen MR) is 99.6 cm³/mol. The number of hydrogen-bond donors (Lipinski definition) is 5. The summed E-state index contributed by atoms with van der Waals surface area (Å²) in [5.41, 5.74) is 5.69. The number of hydrazone groups is 1. The lowest BCUT2D eigenvalue weighted by Crippen LogP contribution is -2.33. The van der Waals surface area contributed by atoms with Gasteiger partial charge in [-0.25, -0.2) is 15.6 Å². The molecule has 1 saturated heterocycles. The Labute approximate surface area is 154 Å². The third-order valence-electron chi connectivity index (χ3n) is 4.11. The average molecular weight is 373 g/mol. The zero-order valence-electron chi connectivity index (χ0n) is 14.0. The van der Waals surface area contributed by atoms with Crippen LogP contribution >= 0.6 is 11.9 Å². The monoisotopic (exact) mass is 373 g/mol. The first-order chi connectivity index (χ1) is 12.6. The summed E-state index contributed by atoms with van der Waals surface area (Å²) < 4.78 is 5.30. The summed E-state index contributed by atoms with van der Waals surface area (Å²) in [4.78, 5) is 15.6. The Bertz CT molecular complexity index is 841. The van der Waals surface area contributed by atoms with Gasteiger partial charge in [0, 0.05) is 6.20 Å². The molecular formula is C16H19N7O2S. The molecule has 8 N–H and O–H groups in total. The summed E-state index contributed by atoms with van der Waals surface area (Å²) in [7, 11) is 0. The Hall–Kier alpha value is -2.82. The van der Waals surface area contributed by atoms with Gasteiger partial charge in [-0.15, -0.1) is 0 Å². The zero-order chi connectivity index (χ0) is 18.7. The van der Waals surface area contributed by atoms with Crippen molar-refractivity contribution in [1.82, 2.24) is 15.7 Å². The smallest absolute Gasteiger partial charge is 0.408 e. The molecule has 1 aliphatic rings. The number of nitrogens with one attached hydrogen (secondary N) is 2. The highest BCUT2D eigenvalue weighted by molar-refractivity contribution is 7.97. The first-order valence-electron chi connectivity index (χ1n) is 7.77. The van der Waals surface area contributed by atoms with Crippen LogP contribution < -0.4 is 27.6 Å². The molecule has 1 unspecified atom stereocenters. The molecule has 1 fully saturated rings. The van der Waals surface area contributed by atoms with Gasteiger partial charge in [0.1, 0.15) is 11.1 Å². The van der Waals surface area contributed by atoms with Gasteiger partial charge in [-0.1, -0.05) is 24.3 Å². The third kappa shape index (κ3) is 3.29. The number of ether oxygens (including phenoxy) is 1. The molecule has 0 bridgehead atoms. The van der Waals surface area contributed by atoms with E-state index in [0.717, 1.165) is 28.6 Å². The van der Waals surface area contributed by atoms with Crippen molar-refractivity contribution in [1.29, 1.82) is 0 Å². The first kappa shape index (κ1) is 18.0. The first-order valence-corrected chi connectivity index (χ1v) is 8.65. The second-order valence-electron chi connectivity index (χ2n) is 5.66. The van der Waals surface area contributed by atoms with Crippen LogP contribution in [0.2, 0.25) is 0 Å². The van der Waals surface area contributed by atoms with Crippen LogP contribution in [0.5, 0.6) is 0 Å². The maximum Gasteiger partial charge on any atom is 0.408 e. The Morgan fingerprint density at radius 1 is 1.35 bits per heavy atom. The molecule has 1 aromatic heterocycles. The summed E-state index contributed by atoms with van der Waals surface area (Å²) in [5.74, 6) is 11.2. The number of alkyl carbamates (subject to hydrolysis) is 1. The molecule has 0 spiro atoms. The van der Waals surface area contributed by atoms with E-state index >= 15 is 0 Å². The Balaban J connectivity index is 2.01. The fraction of sp³-hybridized carbons (Fsp3) is 0.188. The molecule has 9 nitrogen and oxygen atoms in total. The number of carbonyl (C=O) groups excluding carboxylic acids is 1. The number of amidine groups is 1. The molecule has 1 amide bonds. The van der Waals surface area contributed by atoms with Crippen LogP contribution in [0.1, 0.15) is 24.2 Å². The molecule has 1 aromatic carbocycles. The molecule has 26 heavy (non-hydrogen) atoms. The van der Waals surface area contributed by atoms with Crippen LogP contribution in [0, 0.1) is 0 Å². The minimum absolute atomic E-state index is 0.0949. The quantitative estimate of drug-likeness (QED) is 0.175. The van der Waals surface area contributed by atoms with E-state index in [4.69, 9.17) is 21.6 Å². The number of rotatable bonds is 4. The van der Waals surface area contributed by atoms with Gasteiger partial charge in [0.25, 0.3) is 0 Å². The number of pyridine rings is 1. The number of amides is 1. The van der Waals surface area contributed by atoms with E-state index in [2.05, 4.69) is 20.8 Å². The van der Waals surface area contributed by atoms with Crippen molar-refractivity contribution in [2.24, 2.45) is 21.9 Å². The largest absolute Gasteiger partial charge is 0.439 e. The van der Waals surface area contributed by atoms with Crippen molar-refractivity contribution in [3.63, 3.8) is 0 Å². The van der Waals surface area contributed by atoms with Crippen LogP contribution in [-0.4, -0.2) is 23.0 Å². The molecule has 10 heteroatoms. The lowest BCUT2D eigenvalue weighted by Gasteiger charge is -2.16. The number of carbonyl (C=O) groups is 1. The van der Waals surface area contributed by atoms with Crippen molar-refractivity contribution < 1.29 is 9.53 Å². The van der Waals surface area contributed by atoms with Gasteiger partial charge in [0.2, 0.25) is 0 Å². The highest BCUT2D eigenvalue weighted by Gasteiger charge is 2.31. The van der Waals surface area contributed by atoms with Crippen LogP contribution in [0.15, 0.2) is 46.7 Å². The number of nitrogens with zero attached hydrogens (tertiary/aromatic N) is 2. The van der Waals surface area contributed by atoms with Crippen LogP contribution in [0.25, 0.3) is 11.1 Å². The van der Waals surface area contributed by atoms with Crippen molar-refractivity contribution in [2.45, 2.75) is 24.1 Å². The van der Waals surface area contributed by atoms with E-state index in [1.807, 2.05) is 37.3 Å². The van der Waals surface area contributed by atoms with E-state index < -0.39 is 6.09 Å². The van der Waals surface area contributed by atoms with E-state index in [-0.39, 0.29) is 18.0 Å². The summed E-state index contributed by atoms with van der Waals surface area (Å²) in [5, 5.41) is 12.7. The lowest BCUT2D eigenvalue weighted by atomic mass is 9.97. The summed E-state index contributed by atoms with van der Waals surface area (Å²) in [6.45, 7) is 1.89. The Morgan fingerprint density at radius 3 is 2.62 bits per heavy atom. The topological polar surface area (TPSA) is 154 Å². The molecule has 0 radical (unpaired) electrons. The van der Waals surface area contributed by atoms with Crippen LogP contribution in [-0.2, 0) is 4.74 Å².